The van der Waals surface area contributed by atoms with Crippen molar-refractivity contribution in [3.05, 3.63) is 18.3 Å². The molecule has 8 heteroatoms. The van der Waals surface area contributed by atoms with Gasteiger partial charge in [-0.3, -0.25) is 4.79 Å². The number of hydrogen-bond donors (Lipinski definition) is 2. The van der Waals surface area contributed by atoms with Crippen LogP contribution in [0, 0.1) is 0 Å². The molecular formula is C14H22N4O3S. The van der Waals surface area contributed by atoms with Crippen LogP contribution in [0.2, 0.25) is 0 Å². The maximum atomic E-state index is 12.3. The molecule has 0 radical (unpaired) electrons. The number of carbonyl (C=O) groups excluding carboxylic acids is 1. The Morgan fingerprint density at radius 1 is 1.32 bits per heavy atom. The van der Waals surface area contributed by atoms with Crippen LogP contribution in [-0.4, -0.2) is 49.3 Å². The zero-order valence-electron chi connectivity index (χ0n) is 12.9. The summed E-state index contributed by atoms with van der Waals surface area (Å²) in [5.41, 5.74) is 0. The fraction of sp³-hybridized carbons (Fsp3) is 0.571. The summed E-state index contributed by atoms with van der Waals surface area (Å²) >= 11 is 0. The molecule has 0 unspecified atom stereocenters. The van der Waals surface area contributed by atoms with Gasteiger partial charge in [0.1, 0.15) is 10.7 Å². The number of sulfonamides is 1. The molecule has 1 saturated heterocycles. The van der Waals surface area contributed by atoms with Crippen molar-refractivity contribution in [2.45, 2.75) is 37.6 Å². The number of carbonyl (C=O) groups is 1. The lowest BCUT2D eigenvalue weighted by atomic mass is 10.4. The van der Waals surface area contributed by atoms with E-state index < -0.39 is 10.0 Å². The van der Waals surface area contributed by atoms with E-state index in [4.69, 9.17) is 0 Å². The van der Waals surface area contributed by atoms with Crippen molar-refractivity contribution >= 4 is 21.7 Å². The first-order valence-corrected chi connectivity index (χ1v) is 8.83. The van der Waals surface area contributed by atoms with Gasteiger partial charge in [-0.05, 0) is 38.8 Å². The van der Waals surface area contributed by atoms with Gasteiger partial charge in [0.15, 0.2) is 0 Å². The lowest BCUT2D eigenvalue weighted by Crippen LogP contribution is -2.35. The molecule has 1 aliphatic heterocycles. The van der Waals surface area contributed by atoms with Crippen LogP contribution in [0.3, 0.4) is 0 Å². The van der Waals surface area contributed by atoms with Gasteiger partial charge in [0, 0.05) is 25.3 Å². The van der Waals surface area contributed by atoms with Crippen LogP contribution >= 0.6 is 0 Å². The third-order valence-corrected chi connectivity index (χ3v) is 5.20. The van der Waals surface area contributed by atoms with E-state index in [0.29, 0.717) is 18.9 Å². The standard InChI is InChI=1S/C14H22N4O3S/c1-11(2)17-14(19)10-16-13-6-5-12(9-15-13)22(20,21)18-7-3-4-8-18/h5-6,9,11H,3-4,7-8,10H2,1-2H3,(H,15,16)(H,17,19). The first-order chi connectivity index (χ1) is 10.4. The number of nitrogens with one attached hydrogen (secondary N) is 2. The third-order valence-electron chi connectivity index (χ3n) is 3.32. The second-order valence-electron chi connectivity index (χ2n) is 5.57. The van der Waals surface area contributed by atoms with Crippen molar-refractivity contribution in [2.24, 2.45) is 0 Å². The monoisotopic (exact) mass is 326 g/mol. The molecule has 1 aliphatic rings. The zero-order valence-corrected chi connectivity index (χ0v) is 13.7. The van der Waals surface area contributed by atoms with Gasteiger partial charge in [-0.15, -0.1) is 0 Å². The van der Waals surface area contributed by atoms with Gasteiger partial charge >= 0.3 is 0 Å². The fourth-order valence-electron chi connectivity index (χ4n) is 2.26. The van der Waals surface area contributed by atoms with Crippen LogP contribution in [0.1, 0.15) is 26.7 Å². The number of hydrogen-bond acceptors (Lipinski definition) is 5. The van der Waals surface area contributed by atoms with Crippen LogP contribution in [0.25, 0.3) is 0 Å². The quantitative estimate of drug-likeness (QED) is 0.807. The number of rotatable bonds is 6. The summed E-state index contributed by atoms with van der Waals surface area (Å²) in [4.78, 5) is 15.8. The Morgan fingerprint density at radius 3 is 2.55 bits per heavy atom. The highest BCUT2D eigenvalue weighted by molar-refractivity contribution is 7.89. The summed E-state index contributed by atoms with van der Waals surface area (Å²) in [5, 5.41) is 5.62. The Morgan fingerprint density at radius 2 is 2.00 bits per heavy atom. The molecular weight excluding hydrogens is 304 g/mol. The zero-order chi connectivity index (χ0) is 16.2. The second-order valence-corrected chi connectivity index (χ2v) is 7.50. The van der Waals surface area contributed by atoms with Gasteiger partial charge in [0.2, 0.25) is 15.9 Å². The van der Waals surface area contributed by atoms with Gasteiger partial charge < -0.3 is 10.6 Å². The molecule has 2 N–H and O–H groups in total. The van der Waals surface area contributed by atoms with Crippen LogP contribution < -0.4 is 10.6 Å². The van der Waals surface area contributed by atoms with Crippen LogP contribution in [0.5, 0.6) is 0 Å². The van der Waals surface area contributed by atoms with E-state index in [0.717, 1.165) is 12.8 Å². The Kier molecular flexibility index (Phi) is 5.36. The minimum absolute atomic E-state index is 0.0789. The van der Waals surface area contributed by atoms with Gasteiger partial charge in [-0.1, -0.05) is 0 Å². The average molecular weight is 326 g/mol. The van der Waals surface area contributed by atoms with Gasteiger partial charge in [0.25, 0.3) is 0 Å². The molecule has 2 rings (SSSR count). The molecule has 0 aromatic carbocycles. The van der Waals surface area contributed by atoms with Gasteiger partial charge in [-0.2, -0.15) is 4.31 Å². The smallest absolute Gasteiger partial charge is 0.244 e. The maximum absolute atomic E-state index is 12.3. The summed E-state index contributed by atoms with van der Waals surface area (Å²) < 4.78 is 26.1. The van der Waals surface area contributed by atoms with Crippen molar-refractivity contribution in [1.82, 2.24) is 14.6 Å². The van der Waals surface area contributed by atoms with E-state index >= 15 is 0 Å². The molecule has 1 aromatic rings. The third kappa shape index (κ3) is 4.17. The number of pyridine rings is 1. The number of amides is 1. The highest BCUT2D eigenvalue weighted by atomic mass is 32.2. The highest BCUT2D eigenvalue weighted by Gasteiger charge is 2.27. The topological polar surface area (TPSA) is 91.4 Å². The molecule has 7 nitrogen and oxygen atoms in total. The van der Waals surface area contributed by atoms with Gasteiger partial charge in [0.05, 0.1) is 6.54 Å². The molecule has 1 aromatic heterocycles. The molecule has 2 heterocycles. The normalized spacial score (nSPS) is 16.0. The number of aromatic nitrogens is 1. The minimum Gasteiger partial charge on any atom is -0.361 e. The number of nitrogens with zero attached hydrogens (tertiary/aromatic N) is 2. The predicted octanol–water partition coefficient (Wildman–Crippen LogP) is 0.803. The first kappa shape index (κ1) is 16.7. The number of anilines is 1. The summed E-state index contributed by atoms with van der Waals surface area (Å²) in [6.07, 6.45) is 3.13. The largest absolute Gasteiger partial charge is 0.361 e. The Bertz CT molecular complexity index is 607. The minimum atomic E-state index is -3.44. The highest BCUT2D eigenvalue weighted by Crippen LogP contribution is 2.20. The van der Waals surface area contributed by atoms with Crippen LogP contribution in [-0.2, 0) is 14.8 Å². The van der Waals surface area contributed by atoms with Crippen LogP contribution in [0.15, 0.2) is 23.2 Å². The van der Waals surface area contributed by atoms with E-state index in [1.54, 1.807) is 6.07 Å². The van der Waals surface area contributed by atoms with Crippen molar-refractivity contribution in [1.29, 1.82) is 0 Å². The first-order valence-electron chi connectivity index (χ1n) is 7.39. The van der Waals surface area contributed by atoms with Crippen molar-refractivity contribution < 1.29 is 13.2 Å². The van der Waals surface area contributed by atoms with Crippen molar-refractivity contribution in [2.75, 3.05) is 25.0 Å². The van der Waals surface area contributed by atoms with Gasteiger partial charge in [-0.25, -0.2) is 13.4 Å². The van der Waals surface area contributed by atoms with Crippen molar-refractivity contribution in [3.63, 3.8) is 0 Å². The lowest BCUT2D eigenvalue weighted by Gasteiger charge is -2.15. The van der Waals surface area contributed by atoms with E-state index in [-0.39, 0.29) is 23.4 Å². The van der Waals surface area contributed by atoms with Crippen LogP contribution in [0.4, 0.5) is 5.82 Å². The Balaban J connectivity index is 1.97. The second kappa shape index (κ2) is 7.06. The fourth-order valence-corrected chi connectivity index (χ4v) is 3.72. The van der Waals surface area contributed by atoms with Crippen molar-refractivity contribution in [3.8, 4) is 0 Å². The average Bonchev–Trinajstić information content (AvgIpc) is 3.00. The van der Waals surface area contributed by atoms with E-state index in [1.165, 1.54) is 16.6 Å². The predicted molar refractivity (Wildman–Crippen MR) is 84.0 cm³/mol. The summed E-state index contributed by atoms with van der Waals surface area (Å²) in [6, 6.07) is 3.17. The molecule has 0 saturated carbocycles. The molecule has 0 atom stereocenters. The molecule has 0 aliphatic carbocycles. The lowest BCUT2D eigenvalue weighted by molar-refractivity contribution is -0.119. The summed E-state index contributed by atoms with van der Waals surface area (Å²) in [7, 11) is -3.44. The van der Waals surface area contributed by atoms with E-state index in [2.05, 4.69) is 15.6 Å². The SMILES string of the molecule is CC(C)NC(=O)CNc1ccc(S(=O)(=O)N2CCCC2)cn1. The molecule has 22 heavy (non-hydrogen) atoms. The maximum Gasteiger partial charge on any atom is 0.244 e. The molecule has 122 valence electrons. The van der Waals surface area contributed by atoms with E-state index in [1.807, 2.05) is 13.8 Å². The summed E-state index contributed by atoms with van der Waals surface area (Å²) in [6.45, 7) is 5.00. The molecule has 1 amide bonds. The molecule has 0 spiro atoms. The Labute approximate surface area is 131 Å². The Hall–Kier alpha value is -1.67. The van der Waals surface area contributed by atoms with E-state index in [9.17, 15) is 13.2 Å². The molecule has 1 fully saturated rings. The molecule has 0 bridgehead atoms. The summed E-state index contributed by atoms with van der Waals surface area (Å²) in [5.74, 6) is 0.338.